The van der Waals surface area contributed by atoms with Crippen LogP contribution in [0, 0.1) is 0 Å². The van der Waals surface area contributed by atoms with Crippen LogP contribution in [0.25, 0.3) is 0 Å². The fraction of sp³-hybridized carbons (Fsp3) is 0.538. The normalized spacial score (nSPS) is 21.3. The second kappa shape index (κ2) is 4.23. The lowest BCUT2D eigenvalue weighted by atomic mass is 10.0. The van der Waals surface area contributed by atoms with Crippen molar-refractivity contribution in [2.45, 2.75) is 18.9 Å². The number of likely N-dealkylation sites (N-methyl/N-ethyl adjacent to an activating group) is 1. The molecule has 0 spiro atoms. The third kappa shape index (κ3) is 2.15. The van der Waals surface area contributed by atoms with E-state index in [1.54, 1.807) is 0 Å². The van der Waals surface area contributed by atoms with E-state index in [4.69, 9.17) is 0 Å². The van der Waals surface area contributed by atoms with E-state index in [0.717, 1.165) is 6.54 Å². The molecule has 1 heterocycles. The van der Waals surface area contributed by atoms with Crippen LogP contribution in [-0.2, 0) is 6.42 Å². The average molecular weight is 204 g/mol. The van der Waals surface area contributed by atoms with E-state index in [-0.39, 0.29) is 0 Å². The molecule has 0 bridgehead atoms. The molecule has 0 amide bonds. The van der Waals surface area contributed by atoms with Crippen molar-refractivity contribution in [1.82, 2.24) is 4.90 Å². The molecule has 0 N–H and O–H groups in total. The van der Waals surface area contributed by atoms with Gasteiger partial charge in [0.05, 0.1) is 0 Å². The molecular weight excluding hydrogens is 184 g/mol. The van der Waals surface area contributed by atoms with Gasteiger partial charge in [-0.2, -0.15) is 0 Å². The van der Waals surface area contributed by atoms with Gasteiger partial charge in [0.1, 0.15) is 0 Å². The van der Waals surface area contributed by atoms with Crippen molar-refractivity contribution in [3.05, 3.63) is 29.8 Å². The number of nitrogens with zero attached hydrogens (tertiary/aromatic N) is 2. The molecule has 1 unspecified atom stereocenters. The van der Waals surface area contributed by atoms with Crippen LogP contribution in [0.4, 0.5) is 5.69 Å². The van der Waals surface area contributed by atoms with Gasteiger partial charge < -0.3 is 9.80 Å². The molecule has 1 aromatic rings. The van der Waals surface area contributed by atoms with Gasteiger partial charge in [0, 0.05) is 25.3 Å². The first-order valence-corrected chi connectivity index (χ1v) is 5.64. The Morgan fingerprint density at radius 3 is 2.73 bits per heavy atom. The molecule has 1 aromatic carbocycles. The van der Waals surface area contributed by atoms with Crippen LogP contribution < -0.4 is 4.90 Å². The average Bonchev–Trinajstić information content (AvgIpc) is 2.39. The molecule has 2 nitrogen and oxygen atoms in total. The highest BCUT2D eigenvalue weighted by molar-refractivity contribution is 5.54. The van der Waals surface area contributed by atoms with Gasteiger partial charge in [-0.25, -0.2) is 0 Å². The van der Waals surface area contributed by atoms with E-state index in [1.807, 2.05) is 0 Å². The Kier molecular flexibility index (Phi) is 2.96. The van der Waals surface area contributed by atoms with Crippen molar-refractivity contribution < 1.29 is 0 Å². The van der Waals surface area contributed by atoms with Crippen LogP contribution >= 0.6 is 0 Å². The molecule has 0 aromatic heterocycles. The summed E-state index contributed by atoms with van der Waals surface area (Å²) in [7, 11) is 6.55. The number of rotatable bonds is 1. The van der Waals surface area contributed by atoms with Crippen molar-refractivity contribution in [2.75, 3.05) is 32.6 Å². The van der Waals surface area contributed by atoms with Crippen LogP contribution in [0.5, 0.6) is 0 Å². The Morgan fingerprint density at radius 1 is 1.27 bits per heavy atom. The first kappa shape index (κ1) is 10.5. The van der Waals surface area contributed by atoms with E-state index < -0.39 is 0 Å². The summed E-state index contributed by atoms with van der Waals surface area (Å²) in [6.45, 7) is 1.15. The van der Waals surface area contributed by atoms with Crippen LogP contribution in [0.1, 0.15) is 12.0 Å². The van der Waals surface area contributed by atoms with Crippen LogP contribution in [0.15, 0.2) is 24.3 Å². The van der Waals surface area contributed by atoms with E-state index in [2.05, 4.69) is 55.2 Å². The van der Waals surface area contributed by atoms with Crippen molar-refractivity contribution in [2.24, 2.45) is 0 Å². The van der Waals surface area contributed by atoms with Gasteiger partial charge in [0.2, 0.25) is 0 Å². The minimum absolute atomic E-state index is 0.677. The minimum atomic E-state index is 0.677. The summed E-state index contributed by atoms with van der Waals surface area (Å²) in [4.78, 5) is 4.72. The highest BCUT2D eigenvalue weighted by atomic mass is 15.1. The maximum absolute atomic E-state index is 2.37. The summed E-state index contributed by atoms with van der Waals surface area (Å²) in [5.74, 6) is 0. The lowest BCUT2D eigenvalue weighted by molar-refractivity contribution is 0.282. The Balaban J connectivity index is 2.29. The van der Waals surface area contributed by atoms with Gasteiger partial charge in [-0.1, -0.05) is 18.2 Å². The monoisotopic (exact) mass is 204 g/mol. The summed E-state index contributed by atoms with van der Waals surface area (Å²) in [5.41, 5.74) is 2.89. The van der Waals surface area contributed by atoms with Gasteiger partial charge in [0.25, 0.3) is 0 Å². The Labute approximate surface area is 92.5 Å². The highest BCUT2D eigenvalue weighted by Crippen LogP contribution is 2.26. The van der Waals surface area contributed by atoms with E-state index in [0.29, 0.717) is 6.04 Å². The van der Waals surface area contributed by atoms with Crippen molar-refractivity contribution in [3.8, 4) is 0 Å². The summed E-state index contributed by atoms with van der Waals surface area (Å²) < 4.78 is 0. The molecule has 0 fully saturated rings. The van der Waals surface area contributed by atoms with Gasteiger partial charge in [0.15, 0.2) is 0 Å². The van der Waals surface area contributed by atoms with Crippen molar-refractivity contribution in [3.63, 3.8) is 0 Å². The quantitative estimate of drug-likeness (QED) is 0.690. The number of para-hydroxylation sites is 1. The summed E-state index contributed by atoms with van der Waals surface area (Å²) >= 11 is 0. The zero-order valence-corrected chi connectivity index (χ0v) is 9.90. The molecule has 2 rings (SSSR count). The molecule has 0 radical (unpaired) electrons. The molecule has 1 atom stereocenters. The zero-order chi connectivity index (χ0) is 10.8. The van der Waals surface area contributed by atoms with Crippen LogP contribution in [0.3, 0.4) is 0 Å². The molecule has 0 aliphatic carbocycles. The minimum Gasteiger partial charge on any atom is -0.374 e. The van der Waals surface area contributed by atoms with E-state index in [9.17, 15) is 0 Å². The van der Waals surface area contributed by atoms with Crippen molar-refractivity contribution in [1.29, 1.82) is 0 Å². The van der Waals surface area contributed by atoms with Crippen LogP contribution in [0.2, 0.25) is 0 Å². The lowest BCUT2D eigenvalue weighted by Gasteiger charge is -2.22. The first-order valence-electron chi connectivity index (χ1n) is 5.64. The van der Waals surface area contributed by atoms with Crippen molar-refractivity contribution >= 4 is 5.69 Å². The molecule has 15 heavy (non-hydrogen) atoms. The molecule has 1 aliphatic rings. The second-order valence-corrected chi connectivity index (χ2v) is 4.66. The number of anilines is 1. The van der Waals surface area contributed by atoms with Gasteiger partial charge in [-0.3, -0.25) is 0 Å². The third-order valence-corrected chi connectivity index (χ3v) is 3.39. The fourth-order valence-electron chi connectivity index (χ4n) is 2.32. The second-order valence-electron chi connectivity index (χ2n) is 4.66. The molecule has 1 aliphatic heterocycles. The number of fused-ring (bicyclic) bond motifs is 1. The summed E-state index contributed by atoms with van der Waals surface area (Å²) in [6, 6.07) is 9.44. The molecule has 2 heteroatoms. The maximum atomic E-state index is 2.37. The molecule has 0 saturated heterocycles. The van der Waals surface area contributed by atoms with E-state index in [1.165, 1.54) is 24.1 Å². The van der Waals surface area contributed by atoms with E-state index >= 15 is 0 Å². The highest BCUT2D eigenvalue weighted by Gasteiger charge is 2.20. The molecule has 0 saturated carbocycles. The van der Waals surface area contributed by atoms with Crippen LogP contribution in [-0.4, -0.2) is 38.6 Å². The Hall–Kier alpha value is -1.02. The zero-order valence-electron chi connectivity index (χ0n) is 9.90. The lowest BCUT2D eigenvalue weighted by Crippen LogP contribution is -2.31. The molecular formula is C13H20N2. The number of benzene rings is 1. The fourth-order valence-corrected chi connectivity index (χ4v) is 2.32. The topological polar surface area (TPSA) is 6.48 Å². The predicted molar refractivity (Wildman–Crippen MR) is 65.5 cm³/mol. The SMILES string of the molecule is CN1CCC(N(C)C)Cc2ccccc21. The number of hydrogen-bond acceptors (Lipinski definition) is 2. The van der Waals surface area contributed by atoms with Gasteiger partial charge >= 0.3 is 0 Å². The smallest absolute Gasteiger partial charge is 0.0396 e. The maximum Gasteiger partial charge on any atom is 0.0396 e. The standard InChI is InChI=1S/C13H20N2/c1-14(2)12-8-9-15(3)13-7-5-4-6-11(13)10-12/h4-7,12H,8-10H2,1-3H3. The first-order chi connectivity index (χ1) is 7.18. The summed E-state index contributed by atoms with van der Waals surface area (Å²) in [6.07, 6.45) is 2.42. The third-order valence-electron chi connectivity index (χ3n) is 3.39. The van der Waals surface area contributed by atoms with Gasteiger partial charge in [-0.15, -0.1) is 0 Å². The Morgan fingerprint density at radius 2 is 2.00 bits per heavy atom. The summed E-state index contributed by atoms with van der Waals surface area (Å²) in [5, 5.41) is 0. The van der Waals surface area contributed by atoms with Gasteiger partial charge in [-0.05, 0) is 38.6 Å². The predicted octanol–water partition coefficient (Wildman–Crippen LogP) is 2.00. The molecule has 82 valence electrons. The largest absolute Gasteiger partial charge is 0.374 e. The number of hydrogen-bond donors (Lipinski definition) is 0. The Bertz CT molecular complexity index is 333.